The topological polar surface area (TPSA) is 84.3 Å². The van der Waals surface area contributed by atoms with E-state index in [1.165, 1.54) is 0 Å². The van der Waals surface area contributed by atoms with Crippen molar-refractivity contribution in [3.63, 3.8) is 0 Å². The van der Waals surface area contributed by atoms with Crippen LogP contribution >= 0.6 is 0 Å². The van der Waals surface area contributed by atoms with Crippen LogP contribution in [-0.4, -0.2) is 58.7 Å². The van der Waals surface area contributed by atoms with Crippen molar-refractivity contribution in [3.05, 3.63) is 24.2 Å². The van der Waals surface area contributed by atoms with Gasteiger partial charge >= 0.3 is 0 Å². The van der Waals surface area contributed by atoms with Crippen LogP contribution in [0.15, 0.2) is 22.9 Å². The Balaban J connectivity index is 1.84. The number of nitrogen functional groups attached to an aromatic ring is 1. The molecule has 1 aliphatic heterocycles. The summed E-state index contributed by atoms with van der Waals surface area (Å²) in [5, 5.41) is 4.15. The molecule has 0 bridgehead atoms. The molecule has 0 amide bonds. The second-order valence-electron chi connectivity index (χ2n) is 5.54. The first-order valence-corrected chi connectivity index (χ1v) is 7.08. The number of rotatable bonds is 2. The molecule has 2 aromatic rings. The Hall–Kier alpha value is -1.99. The number of aromatic nitrogens is 3. The summed E-state index contributed by atoms with van der Waals surface area (Å²) in [6, 6.07) is 3.71. The highest BCUT2D eigenvalue weighted by Crippen LogP contribution is 2.24. The number of hydrogen-bond donors (Lipinski definition) is 1. The summed E-state index contributed by atoms with van der Waals surface area (Å²) in [6.07, 6.45) is 2.80. The third-order valence-electron chi connectivity index (χ3n) is 3.84. The van der Waals surface area contributed by atoms with E-state index in [4.69, 9.17) is 10.3 Å². The minimum atomic E-state index is 0.150. The minimum Gasteiger partial charge on any atom is -0.384 e. The molecule has 0 spiro atoms. The number of likely N-dealkylation sites (N-methyl/N-ethyl adjacent to an activating group) is 2. The average molecular weight is 288 g/mol. The third-order valence-corrected chi connectivity index (χ3v) is 3.84. The number of hydrogen-bond acceptors (Lipinski definition) is 7. The van der Waals surface area contributed by atoms with Gasteiger partial charge in [-0.15, -0.1) is 0 Å². The van der Waals surface area contributed by atoms with Crippen LogP contribution in [0.3, 0.4) is 0 Å². The zero-order chi connectivity index (χ0) is 14.8. The monoisotopic (exact) mass is 288 g/mol. The number of anilines is 1. The van der Waals surface area contributed by atoms with Gasteiger partial charge in [-0.05, 0) is 45.7 Å². The lowest BCUT2D eigenvalue weighted by Crippen LogP contribution is -2.31. The molecule has 3 heterocycles. The predicted molar refractivity (Wildman–Crippen MR) is 79.4 cm³/mol. The summed E-state index contributed by atoms with van der Waals surface area (Å²) in [4.78, 5) is 13.2. The smallest absolute Gasteiger partial charge is 0.259 e. The minimum absolute atomic E-state index is 0.150. The van der Waals surface area contributed by atoms with Crippen LogP contribution in [0.5, 0.6) is 0 Å². The quantitative estimate of drug-likeness (QED) is 0.883. The van der Waals surface area contributed by atoms with Crippen molar-refractivity contribution in [3.8, 4) is 11.5 Å². The van der Waals surface area contributed by atoms with E-state index in [0.29, 0.717) is 11.7 Å². The standard InChI is InChI=1S/C14H20N6O/c1-19-6-3-7-20(2)11(9-19)13-17-14(21-18-13)10-4-5-12(15)16-8-10/h4-5,8,11H,3,6-7,9H2,1-2H3,(H2,15,16). The molecule has 7 heteroatoms. The van der Waals surface area contributed by atoms with Gasteiger partial charge in [0.2, 0.25) is 0 Å². The average Bonchev–Trinajstić information content (AvgIpc) is 2.88. The van der Waals surface area contributed by atoms with Crippen LogP contribution in [0.1, 0.15) is 18.3 Å². The van der Waals surface area contributed by atoms with Crippen molar-refractivity contribution in [1.29, 1.82) is 0 Å². The number of nitrogens with zero attached hydrogens (tertiary/aromatic N) is 5. The highest BCUT2D eigenvalue weighted by Gasteiger charge is 2.26. The van der Waals surface area contributed by atoms with E-state index in [9.17, 15) is 0 Å². The lowest BCUT2D eigenvalue weighted by Gasteiger charge is -2.24. The van der Waals surface area contributed by atoms with Crippen molar-refractivity contribution in [1.82, 2.24) is 24.9 Å². The van der Waals surface area contributed by atoms with E-state index < -0.39 is 0 Å². The van der Waals surface area contributed by atoms with Gasteiger partial charge in [-0.25, -0.2) is 4.98 Å². The van der Waals surface area contributed by atoms with Gasteiger partial charge in [0.1, 0.15) is 5.82 Å². The molecule has 21 heavy (non-hydrogen) atoms. The Morgan fingerprint density at radius 1 is 1.29 bits per heavy atom. The molecular weight excluding hydrogens is 268 g/mol. The Kier molecular flexibility index (Phi) is 3.85. The van der Waals surface area contributed by atoms with Crippen LogP contribution in [0.4, 0.5) is 5.82 Å². The van der Waals surface area contributed by atoms with Crippen LogP contribution in [0.25, 0.3) is 11.5 Å². The normalized spacial score (nSPS) is 21.3. The molecule has 1 aliphatic rings. The van der Waals surface area contributed by atoms with E-state index in [2.05, 4.69) is 39.0 Å². The fraction of sp³-hybridized carbons (Fsp3) is 0.500. The highest BCUT2D eigenvalue weighted by atomic mass is 16.5. The highest BCUT2D eigenvalue weighted by molar-refractivity contribution is 5.53. The molecule has 7 nitrogen and oxygen atoms in total. The number of pyridine rings is 1. The molecular formula is C14H20N6O. The third kappa shape index (κ3) is 3.03. The van der Waals surface area contributed by atoms with E-state index >= 15 is 0 Å². The molecule has 0 aliphatic carbocycles. The first kappa shape index (κ1) is 14.0. The van der Waals surface area contributed by atoms with E-state index in [0.717, 1.165) is 37.4 Å². The van der Waals surface area contributed by atoms with Crippen molar-refractivity contribution >= 4 is 5.82 Å². The van der Waals surface area contributed by atoms with Gasteiger partial charge in [-0.1, -0.05) is 5.16 Å². The second-order valence-corrected chi connectivity index (χ2v) is 5.54. The molecule has 1 fully saturated rings. The SMILES string of the molecule is CN1CCCN(C)C(c2noc(-c3ccc(N)nc3)n2)C1. The van der Waals surface area contributed by atoms with Crippen LogP contribution < -0.4 is 5.73 Å². The van der Waals surface area contributed by atoms with Gasteiger partial charge in [0, 0.05) is 12.7 Å². The van der Waals surface area contributed by atoms with Crippen molar-refractivity contribution in [2.75, 3.05) is 39.5 Å². The van der Waals surface area contributed by atoms with E-state index in [-0.39, 0.29) is 6.04 Å². The maximum Gasteiger partial charge on any atom is 0.259 e. The summed E-state index contributed by atoms with van der Waals surface area (Å²) < 4.78 is 5.38. The largest absolute Gasteiger partial charge is 0.384 e. The van der Waals surface area contributed by atoms with Gasteiger partial charge in [0.25, 0.3) is 5.89 Å². The Morgan fingerprint density at radius 3 is 2.90 bits per heavy atom. The molecule has 0 saturated carbocycles. The fourth-order valence-electron chi connectivity index (χ4n) is 2.57. The lowest BCUT2D eigenvalue weighted by atomic mass is 10.2. The summed E-state index contributed by atoms with van der Waals surface area (Å²) >= 11 is 0. The summed E-state index contributed by atoms with van der Waals surface area (Å²) in [6.45, 7) is 3.02. The van der Waals surface area contributed by atoms with Gasteiger partial charge < -0.3 is 15.2 Å². The van der Waals surface area contributed by atoms with Gasteiger partial charge in [-0.2, -0.15) is 4.98 Å². The maximum atomic E-state index is 5.59. The van der Waals surface area contributed by atoms with Crippen LogP contribution in [0.2, 0.25) is 0 Å². The molecule has 2 N–H and O–H groups in total. The molecule has 3 rings (SSSR count). The Bertz CT molecular complexity index is 596. The maximum absolute atomic E-state index is 5.59. The zero-order valence-corrected chi connectivity index (χ0v) is 12.4. The van der Waals surface area contributed by atoms with Crippen molar-refractivity contribution < 1.29 is 4.52 Å². The molecule has 112 valence electrons. The van der Waals surface area contributed by atoms with Gasteiger partial charge in [0.15, 0.2) is 5.82 Å². The molecule has 0 aromatic carbocycles. The first-order valence-electron chi connectivity index (χ1n) is 7.08. The second kappa shape index (κ2) is 5.79. The fourth-order valence-corrected chi connectivity index (χ4v) is 2.57. The summed E-state index contributed by atoms with van der Waals surface area (Å²) in [7, 11) is 4.22. The lowest BCUT2D eigenvalue weighted by molar-refractivity contribution is 0.215. The van der Waals surface area contributed by atoms with Crippen LogP contribution in [-0.2, 0) is 0 Å². The Morgan fingerprint density at radius 2 is 2.14 bits per heavy atom. The van der Waals surface area contributed by atoms with Crippen molar-refractivity contribution in [2.24, 2.45) is 0 Å². The number of nitrogens with two attached hydrogens (primary N) is 1. The molecule has 1 unspecified atom stereocenters. The van der Waals surface area contributed by atoms with Gasteiger partial charge in [0.05, 0.1) is 11.6 Å². The predicted octanol–water partition coefficient (Wildman–Crippen LogP) is 1.02. The van der Waals surface area contributed by atoms with Crippen LogP contribution in [0, 0.1) is 0 Å². The summed E-state index contributed by atoms with van der Waals surface area (Å²) in [5.41, 5.74) is 6.37. The van der Waals surface area contributed by atoms with E-state index in [1.54, 1.807) is 12.3 Å². The van der Waals surface area contributed by atoms with Crippen molar-refractivity contribution in [2.45, 2.75) is 12.5 Å². The molecule has 1 atom stereocenters. The molecule has 2 aromatic heterocycles. The first-order chi connectivity index (χ1) is 10.1. The van der Waals surface area contributed by atoms with Gasteiger partial charge in [-0.3, -0.25) is 4.90 Å². The zero-order valence-electron chi connectivity index (χ0n) is 12.4. The molecule has 1 saturated heterocycles. The van der Waals surface area contributed by atoms with E-state index in [1.807, 2.05) is 6.07 Å². The Labute approximate surface area is 123 Å². The molecule has 0 radical (unpaired) electrons. The summed E-state index contributed by atoms with van der Waals surface area (Å²) in [5.74, 6) is 1.68.